The molecule has 1 saturated carbocycles. The van der Waals surface area contributed by atoms with E-state index in [2.05, 4.69) is 38.6 Å². The molecule has 0 saturated heterocycles. The number of aromatic nitrogens is 2. The molecule has 0 bridgehead atoms. The Balaban J connectivity index is 2.11. The number of alkyl halides is 1. The highest BCUT2D eigenvalue weighted by Crippen LogP contribution is 2.49. The molecule has 1 aliphatic rings. The van der Waals surface area contributed by atoms with Crippen molar-refractivity contribution in [3.05, 3.63) is 18.2 Å². The monoisotopic (exact) mass is 244 g/mol. The standard InChI is InChI=1S/C9H13BrN2O/c1-9(13-2)3-8(9)12-5-7(4-10)11-6-12/h5-6,8H,3-4H2,1-2H3. The molecular formula is C9H13BrN2O. The minimum atomic E-state index is 0.0320. The van der Waals surface area contributed by atoms with Crippen molar-refractivity contribution >= 4 is 15.9 Å². The lowest BCUT2D eigenvalue weighted by Gasteiger charge is -2.08. The average molecular weight is 245 g/mol. The molecule has 72 valence electrons. The van der Waals surface area contributed by atoms with E-state index in [0.717, 1.165) is 17.4 Å². The Kier molecular flexibility index (Phi) is 2.20. The lowest BCUT2D eigenvalue weighted by Crippen LogP contribution is -2.10. The fourth-order valence-electron chi connectivity index (χ4n) is 1.58. The van der Waals surface area contributed by atoms with Gasteiger partial charge >= 0.3 is 0 Å². The van der Waals surface area contributed by atoms with Crippen molar-refractivity contribution in [2.75, 3.05) is 7.11 Å². The minimum absolute atomic E-state index is 0.0320. The Bertz CT molecular complexity index is 312. The van der Waals surface area contributed by atoms with E-state index < -0.39 is 0 Å². The first-order chi connectivity index (χ1) is 6.19. The number of hydrogen-bond acceptors (Lipinski definition) is 2. The van der Waals surface area contributed by atoms with Crippen LogP contribution in [0.1, 0.15) is 25.1 Å². The van der Waals surface area contributed by atoms with Gasteiger partial charge in [0.25, 0.3) is 0 Å². The molecule has 0 N–H and O–H groups in total. The van der Waals surface area contributed by atoms with Crippen LogP contribution in [0.5, 0.6) is 0 Å². The average Bonchev–Trinajstić information content (AvgIpc) is 2.65. The molecule has 1 aliphatic carbocycles. The Hall–Kier alpha value is -0.350. The topological polar surface area (TPSA) is 27.1 Å². The molecule has 0 spiro atoms. The number of halogens is 1. The van der Waals surface area contributed by atoms with Gasteiger partial charge in [0.05, 0.1) is 23.7 Å². The van der Waals surface area contributed by atoms with Crippen LogP contribution in [0.25, 0.3) is 0 Å². The lowest BCUT2D eigenvalue weighted by atomic mass is 10.4. The van der Waals surface area contributed by atoms with Crippen LogP contribution in [-0.4, -0.2) is 22.3 Å². The van der Waals surface area contributed by atoms with Gasteiger partial charge in [-0.05, 0) is 6.92 Å². The Morgan fingerprint density at radius 2 is 2.62 bits per heavy atom. The maximum absolute atomic E-state index is 5.40. The molecule has 1 aromatic heterocycles. The van der Waals surface area contributed by atoms with Gasteiger partial charge in [0.15, 0.2) is 0 Å². The molecule has 3 nitrogen and oxygen atoms in total. The predicted molar refractivity (Wildman–Crippen MR) is 53.9 cm³/mol. The maximum atomic E-state index is 5.40. The number of ether oxygens (including phenoxy) is 1. The van der Waals surface area contributed by atoms with Crippen molar-refractivity contribution in [1.29, 1.82) is 0 Å². The first kappa shape index (κ1) is 9.21. The molecule has 2 atom stereocenters. The molecule has 2 rings (SSSR count). The second kappa shape index (κ2) is 3.10. The molecule has 0 aliphatic heterocycles. The predicted octanol–water partition coefficient (Wildman–Crippen LogP) is 2.13. The summed E-state index contributed by atoms with van der Waals surface area (Å²) in [6.45, 7) is 2.13. The van der Waals surface area contributed by atoms with Crippen LogP contribution < -0.4 is 0 Å². The first-order valence-corrected chi connectivity index (χ1v) is 5.45. The zero-order chi connectivity index (χ0) is 9.47. The van der Waals surface area contributed by atoms with Crippen LogP contribution in [0.4, 0.5) is 0 Å². The van der Waals surface area contributed by atoms with Crippen molar-refractivity contribution in [2.45, 2.75) is 30.3 Å². The molecule has 0 aromatic carbocycles. The van der Waals surface area contributed by atoms with E-state index in [1.165, 1.54) is 0 Å². The van der Waals surface area contributed by atoms with Gasteiger partial charge in [-0.15, -0.1) is 0 Å². The second-order valence-corrected chi connectivity index (χ2v) is 4.24. The molecule has 0 radical (unpaired) electrons. The minimum Gasteiger partial charge on any atom is -0.376 e. The largest absolute Gasteiger partial charge is 0.376 e. The zero-order valence-corrected chi connectivity index (χ0v) is 9.41. The second-order valence-electron chi connectivity index (χ2n) is 3.68. The third kappa shape index (κ3) is 1.53. The Labute approximate surface area is 86.2 Å². The summed E-state index contributed by atoms with van der Waals surface area (Å²) in [5.41, 5.74) is 1.11. The first-order valence-electron chi connectivity index (χ1n) is 4.33. The zero-order valence-electron chi connectivity index (χ0n) is 7.83. The van der Waals surface area contributed by atoms with E-state index in [-0.39, 0.29) is 5.60 Å². The van der Waals surface area contributed by atoms with E-state index >= 15 is 0 Å². The van der Waals surface area contributed by atoms with Gasteiger partial charge in [-0.2, -0.15) is 0 Å². The normalized spacial score (nSPS) is 32.1. The summed E-state index contributed by atoms with van der Waals surface area (Å²) < 4.78 is 7.54. The van der Waals surface area contributed by atoms with E-state index in [1.807, 2.05) is 6.33 Å². The number of methoxy groups -OCH3 is 1. The summed E-state index contributed by atoms with van der Waals surface area (Å²) in [6, 6.07) is 0.470. The summed E-state index contributed by atoms with van der Waals surface area (Å²) in [6.07, 6.45) is 5.04. The van der Waals surface area contributed by atoms with Crippen LogP contribution in [-0.2, 0) is 10.1 Å². The van der Waals surface area contributed by atoms with Gasteiger partial charge < -0.3 is 9.30 Å². The molecule has 1 fully saturated rings. The van der Waals surface area contributed by atoms with Crippen LogP contribution in [0.3, 0.4) is 0 Å². The van der Waals surface area contributed by atoms with E-state index in [4.69, 9.17) is 4.74 Å². The molecule has 13 heavy (non-hydrogen) atoms. The number of hydrogen-bond donors (Lipinski definition) is 0. The SMILES string of the molecule is COC1(C)CC1n1cnc(CBr)c1. The van der Waals surface area contributed by atoms with Crippen molar-refractivity contribution in [1.82, 2.24) is 9.55 Å². The highest BCUT2D eigenvalue weighted by Gasteiger charge is 2.52. The highest BCUT2D eigenvalue weighted by atomic mass is 79.9. The van der Waals surface area contributed by atoms with Gasteiger partial charge in [0.1, 0.15) is 0 Å². The molecule has 0 amide bonds. The summed E-state index contributed by atoms with van der Waals surface area (Å²) >= 11 is 3.38. The van der Waals surface area contributed by atoms with Gasteiger partial charge in [0, 0.05) is 25.1 Å². The number of rotatable bonds is 3. The quantitative estimate of drug-likeness (QED) is 0.763. The van der Waals surface area contributed by atoms with E-state index in [1.54, 1.807) is 7.11 Å². The van der Waals surface area contributed by atoms with Gasteiger partial charge in [-0.1, -0.05) is 15.9 Å². The van der Waals surface area contributed by atoms with Gasteiger partial charge in [-0.3, -0.25) is 0 Å². The van der Waals surface area contributed by atoms with Crippen molar-refractivity contribution in [2.24, 2.45) is 0 Å². The highest BCUT2D eigenvalue weighted by molar-refractivity contribution is 9.08. The third-order valence-corrected chi connectivity index (χ3v) is 3.34. The van der Waals surface area contributed by atoms with E-state index in [0.29, 0.717) is 6.04 Å². The lowest BCUT2D eigenvalue weighted by molar-refractivity contribution is 0.0832. The summed E-state index contributed by atoms with van der Waals surface area (Å²) in [5.74, 6) is 0. The van der Waals surface area contributed by atoms with Crippen LogP contribution >= 0.6 is 15.9 Å². The fraction of sp³-hybridized carbons (Fsp3) is 0.667. The van der Waals surface area contributed by atoms with Crippen LogP contribution in [0.2, 0.25) is 0 Å². The molecule has 1 aromatic rings. The third-order valence-electron chi connectivity index (χ3n) is 2.76. The van der Waals surface area contributed by atoms with E-state index in [9.17, 15) is 0 Å². The van der Waals surface area contributed by atoms with Crippen molar-refractivity contribution in [3.63, 3.8) is 0 Å². The van der Waals surface area contributed by atoms with Crippen LogP contribution in [0.15, 0.2) is 12.5 Å². The van der Waals surface area contributed by atoms with Gasteiger partial charge in [-0.25, -0.2) is 4.98 Å². The van der Waals surface area contributed by atoms with Crippen LogP contribution in [0, 0.1) is 0 Å². The molecule has 4 heteroatoms. The molecular weight excluding hydrogens is 232 g/mol. The fourth-order valence-corrected chi connectivity index (χ4v) is 1.87. The Morgan fingerprint density at radius 3 is 3.08 bits per heavy atom. The molecule has 2 unspecified atom stereocenters. The number of nitrogens with zero attached hydrogens (tertiary/aromatic N) is 2. The maximum Gasteiger partial charge on any atom is 0.0953 e. The smallest absolute Gasteiger partial charge is 0.0953 e. The van der Waals surface area contributed by atoms with Gasteiger partial charge in [0.2, 0.25) is 0 Å². The summed E-state index contributed by atoms with van der Waals surface area (Å²) in [5, 5.41) is 0.816. The van der Waals surface area contributed by atoms with Crippen molar-refractivity contribution in [3.8, 4) is 0 Å². The summed E-state index contributed by atoms with van der Waals surface area (Å²) in [7, 11) is 1.77. The number of imidazole rings is 1. The van der Waals surface area contributed by atoms with Crippen molar-refractivity contribution < 1.29 is 4.74 Å². The Morgan fingerprint density at radius 1 is 1.85 bits per heavy atom. The molecule has 1 heterocycles. The summed E-state index contributed by atoms with van der Waals surface area (Å²) in [4.78, 5) is 4.26.